The first-order chi connectivity index (χ1) is 10.0. The SMILES string of the molecule is CN1C(=O)N[C@](C)([C@H]2CCCN(C[C@@H]3CCOC3)C2)C1=O. The van der Waals surface area contributed by atoms with Gasteiger partial charge in [-0.2, -0.15) is 0 Å². The lowest BCUT2D eigenvalue weighted by molar-refractivity contribution is -0.132. The molecule has 0 radical (unpaired) electrons. The first kappa shape index (κ1) is 14.8. The Labute approximate surface area is 125 Å². The molecule has 6 nitrogen and oxygen atoms in total. The van der Waals surface area contributed by atoms with Crippen molar-refractivity contribution in [3.05, 3.63) is 0 Å². The minimum Gasteiger partial charge on any atom is -0.381 e. The summed E-state index contributed by atoms with van der Waals surface area (Å²) < 4.78 is 5.45. The number of hydrogen-bond donors (Lipinski definition) is 1. The number of carbonyl (C=O) groups is 2. The molecule has 3 aliphatic rings. The summed E-state index contributed by atoms with van der Waals surface area (Å²) in [6.45, 7) is 6.62. The Morgan fingerprint density at radius 3 is 2.81 bits per heavy atom. The van der Waals surface area contributed by atoms with E-state index in [1.165, 1.54) is 4.90 Å². The predicted molar refractivity (Wildman–Crippen MR) is 77.8 cm³/mol. The highest BCUT2D eigenvalue weighted by molar-refractivity contribution is 6.06. The van der Waals surface area contributed by atoms with E-state index in [2.05, 4.69) is 10.2 Å². The quantitative estimate of drug-likeness (QED) is 0.778. The molecule has 3 atom stereocenters. The maximum Gasteiger partial charge on any atom is 0.324 e. The molecule has 0 unspecified atom stereocenters. The normalized spacial score (nSPS) is 38.1. The fraction of sp³-hybridized carbons (Fsp3) is 0.867. The van der Waals surface area contributed by atoms with E-state index >= 15 is 0 Å². The summed E-state index contributed by atoms with van der Waals surface area (Å²) in [5.74, 6) is 0.714. The van der Waals surface area contributed by atoms with Crippen molar-refractivity contribution in [3.8, 4) is 0 Å². The van der Waals surface area contributed by atoms with Crippen LogP contribution in [0.4, 0.5) is 4.79 Å². The molecule has 0 saturated carbocycles. The molecule has 6 heteroatoms. The third kappa shape index (κ3) is 2.66. The highest BCUT2D eigenvalue weighted by Crippen LogP contribution is 2.32. The first-order valence-electron chi connectivity index (χ1n) is 7.91. The average molecular weight is 295 g/mol. The molecule has 3 saturated heterocycles. The van der Waals surface area contributed by atoms with Gasteiger partial charge in [0.15, 0.2) is 0 Å². The molecular weight excluding hydrogens is 270 g/mol. The molecular formula is C15H25N3O3. The van der Waals surface area contributed by atoms with Crippen LogP contribution < -0.4 is 5.32 Å². The minimum atomic E-state index is -0.739. The number of amides is 3. The van der Waals surface area contributed by atoms with E-state index in [9.17, 15) is 9.59 Å². The van der Waals surface area contributed by atoms with Crippen LogP contribution in [0.25, 0.3) is 0 Å². The van der Waals surface area contributed by atoms with Gasteiger partial charge in [-0.1, -0.05) is 0 Å². The Morgan fingerprint density at radius 2 is 2.19 bits per heavy atom. The number of carbonyl (C=O) groups excluding carboxylic acids is 2. The zero-order valence-electron chi connectivity index (χ0n) is 12.9. The summed E-state index contributed by atoms with van der Waals surface area (Å²) in [6, 6.07) is -0.274. The number of rotatable bonds is 3. The molecule has 21 heavy (non-hydrogen) atoms. The molecule has 0 aromatic heterocycles. The van der Waals surface area contributed by atoms with Crippen LogP contribution in [0.2, 0.25) is 0 Å². The van der Waals surface area contributed by atoms with E-state index in [0.29, 0.717) is 5.92 Å². The summed E-state index contributed by atoms with van der Waals surface area (Å²) >= 11 is 0. The maximum atomic E-state index is 12.4. The van der Waals surface area contributed by atoms with Crippen molar-refractivity contribution < 1.29 is 14.3 Å². The summed E-state index contributed by atoms with van der Waals surface area (Å²) in [4.78, 5) is 27.8. The van der Waals surface area contributed by atoms with Crippen LogP contribution in [0.3, 0.4) is 0 Å². The number of hydrogen-bond acceptors (Lipinski definition) is 4. The highest BCUT2D eigenvalue weighted by atomic mass is 16.5. The molecule has 3 amide bonds. The van der Waals surface area contributed by atoms with Gasteiger partial charge in [-0.15, -0.1) is 0 Å². The molecule has 3 fully saturated rings. The fourth-order valence-corrected chi connectivity index (χ4v) is 3.86. The molecule has 0 aromatic carbocycles. The number of nitrogens with one attached hydrogen (secondary N) is 1. The van der Waals surface area contributed by atoms with Crippen molar-refractivity contribution in [1.29, 1.82) is 0 Å². The van der Waals surface area contributed by atoms with Gasteiger partial charge in [0, 0.05) is 32.7 Å². The molecule has 0 aliphatic carbocycles. The standard InChI is InChI=1S/C15H25N3O3/c1-15(13(19)17(2)14(20)16-15)12-4-3-6-18(9-12)8-11-5-7-21-10-11/h11-12H,3-10H2,1-2H3,(H,16,20)/t11-,12-,15+/m0/s1. The third-order valence-corrected chi connectivity index (χ3v) is 5.28. The van der Waals surface area contributed by atoms with Gasteiger partial charge in [0.1, 0.15) is 5.54 Å². The van der Waals surface area contributed by atoms with E-state index in [1.54, 1.807) is 7.05 Å². The largest absolute Gasteiger partial charge is 0.381 e. The van der Waals surface area contributed by atoms with Crippen LogP contribution in [-0.4, -0.2) is 67.2 Å². The Balaban J connectivity index is 1.65. The molecule has 3 aliphatic heterocycles. The number of likely N-dealkylation sites (N-methyl/N-ethyl adjacent to an activating group) is 1. The summed E-state index contributed by atoms with van der Waals surface area (Å²) in [5, 5.41) is 2.90. The summed E-state index contributed by atoms with van der Waals surface area (Å²) in [5.41, 5.74) is -0.739. The van der Waals surface area contributed by atoms with Gasteiger partial charge in [0.05, 0.1) is 6.61 Å². The number of urea groups is 1. The van der Waals surface area contributed by atoms with Gasteiger partial charge in [-0.3, -0.25) is 9.69 Å². The molecule has 118 valence electrons. The van der Waals surface area contributed by atoms with Gasteiger partial charge in [0.25, 0.3) is 5.91 Å². The Kier molecular flexibility index (Phi) is 3.92. The van der Waals surface area contributed by atoms with E-state index in [1.807, 2.05) is 6.92 Å². The van der Waals surface area contributed by atoms with Crippen LogP contribution in [0, 0.1) is 11.8 Å². The van der Waals surface area contributed by atoms with Crippen LogP contribution in [0.5, 0.6) is 0 Å². The van der Waals surface area contributed by atoms with Crippen molar-refractivity contribution in [2.75, 3.05) is 39.9 Å². The van der Waals surface area contributed by atoms with Crippen molar-refractivity contribution >= 4 is 11.9 Å². The summed E-state index contributed by atoms with van der Waals surface area (Å²) in [7, 11) is 1.55. The molecule has 0 bridgehead atoms. The van der Waals surface area contributed by atoms with E-state index in [0.717, 1.165) is 52.1 Å². The van der Waals surface area contributed by atoms with Crippen LogP contribution in [0.15, 0.2) is 0 Å². The second-order valence-corrected chi connectivity index (χ2v) is 6.83. The van der Waals surface area contributed by atoms with Crippen LogP contribution in [0.1, 0.15) is 26.2 Å². The van der Waals surface area contributed by atoms with Gasteiger partial charge in [0.2, 0.25) is 0 Å². The lowest BCUT2D eigenvalue weighted by Gasteiger charge is -2.40. The van der Waals surface area contributed by atoms with Gasteiger partial charge in [-0.25, -0.2) is 4.79 Å². The predicted octanol–water partition coefficient (Wildman–Crippen LogP) is 0.675. The van der Waals surface area contributed by atoms with Crippen LogP contribution >= 0.6 is 0 Å². The Hall–Kier alpha value is -1.14. The second-order valence-electron chi connectivity index (χ2n) is 6.83. The smallest absolute Gasteiger partial charge is 0.324 e. The Bertz CT molecular complexity index is 436. The monoisotopic (exact) mass is 295 g/mol. The zero-order chi connectivity index (χ0) is 15.0. The Morgan fingerprint density at radius 1 is 1.38 bits per heavy atom. The molecule has 1 N–H and O–H groups in total. The molecule has 3 rings (SSSR count). The lowest BCUT2D eigenvalue weighted by atomic mass is 9.79. The number of nitrogens with zero attached hydrogens (tertiary/aromatic N) is 2. The second kappa shape index (κ2) is 5.57. The first-order valence-corrected chi connectivity index (χ1v) is 7.91. The highest BCUT2D eigenvalue weighted by Gasteiger charge is 2.51. The maximum absolute atomic E-state index is 12.4. The zero-order valence-corrected chi connectivity index (χ0v) is 12.9. The van der Waals surface area contributed by atoms with E-state index < -0.39 is 5.54 Å². The number of likely N-dealkylation sites (tertiary alicyclic amines) is 1. The average Bonchev–Trinajstić information content (AvgIpc) is 3.04. The van der Waals surface area contributed by atoms with Crippen molar-refractivity contribution in [1.82, 2.24) is 15.1 Å². The lowest BCUT2D eigenvalue weighted by Crippen LogP contribution is -2.56. The minimum absolute atomic E-state index is 0.0939. The van der Waals surface area contributed by atoms with Crippen molar-refractivity contribution in [3.63, 3.8) is 0 Å². The summed E-state index contributed by atoms with van der Waals surface area (Å²) in [6.07, 6.45) is 3.21. The number of ether oxygens (including phenoxy) is 1. The van der Waals surface area contributed by atoms with E-state index in [4.69, 9.17) is 4.74 Å². The number of imide groups is 1. The molecule has 0 aromatic rings. The number of piperidine rings is 1. The van der Waals surface area contributed by atoms with Gasteiger partial charge < -0.3 is 15.0 Å². The third-order valence-electron chi connectivity index (χ3n) is 5.28. The van der Waals surface area contributed by atoms with Gasteiger partial charge in [-0.05, 0) is 38.6 Å². The van der Waals surface area contributed by atoms with Gasteiger partial charge >= 0.3 is 6.03 Å². The molecule has 3 heterocycles. The fourth-order valence-electron chi connectivity index (χ4n) is 3.86. The topological polar surface area (TPSA) is 61.9 Å². The molecule has 0 spiro atoms. The van der Waals surface area contributed by atoms with Crippen molar-refractivity contribution in [2.24, 2.45) is 11.8 Å². The van der Waals surface area contributed by atoms with Crippen LogP contribution in [-0.2, 0) is 9.53 Å². The van der Waals surface area contributed by atoms with E-state index in [-0.39, 0.29) is 17.9 Å². The van der Waals surface area contributed by atoms with Crippen molar-refractivity contribution in [2.45, 2.75) is 31.7 Å².